The maximum Gasteiger partial charge on any atom is 0.158 e. The molecule has 184 valence electrons. The Morgan fingerprint density at radius 3 is 2.47 bits per heavy atom. The largest absolute Gasteiger partial charge is 0.368 e. The van der Waals surface area contributed by atoms with Gasteiger partial charge in [0.25, 0.3) is 0 Å². The van der Waals surface area contributed by atoms with Crippen LogP contribution in [0.5, 0.6) is 0 Å². The van der Waals surface area contributed by atoms with Gasteiger partial charge in [0.15, 0.2) is 18.9 Å². The quantitative estimate of drug-likeness (QED) is 0.474. The Balaban J connectivity index is 1.44. The van der Waals surface area contributed by atoms with E-state index in [-0.39, 0.29) is 42.7 Å². The third kappa shape index (κ3) is 6.55. The van der Waals surface area contributed by atoms with Gasteiger partial charge in [0.05, 0.1) is 18.3 Å². The van der Waals surface area contributed by atoms with Crippen LogP contribution >= 0.6 is 0 Å². The third-order valence-corrected chi connectivity index (χ3v) is 7.68. The minimum atomic E-state index is -0.654. The van der Waals surface area contributed by atoms with Gasteiger partial charge in [-0.05, 0) is 56.8 Å². The SMILES string of the molecule is CCCCC(C)[C@@H](C=C[C@@H]1[C@H]2CC(O)O[C@H]2C[C@H]1OC1CCCCO1)OC1CCCCO1. The summed E-state index contributed by atoms with van der Waals surface area (Å²) in [6.45, 7) is 6.11. The number of hydrogen-bond acceptors (Lipinski definition) is 6. The second-order valence-electron chi connectivity index (χ2n) is 10.2. The molecular formula is C26H44O6. The van der Waals surface area contributed by atoms with Crippen LogP contribution in [-0.2, 0) is 23.7 Å². The minimum absolute atomic E-state index is 0.0301. The fourth-order valence-electron chi connectivity index (χ4n) is 5.76. The molecule has 0 amide bonds. The first-order valence-electron chi connectivity index (χ1n) is 13.2. The van der Waals surface area contributed by atoms with Gasteiger partial charge >= 0.3 is 0 Å². The maximum absolute atomic E-state index is 10.1. The molecule has 6 heteroatoms. The van der Waals surface area contributed by atoms with E-state index in [1.165, 1.54) is 19.3 Å². The summed E-state index contributed by atoms with van der Waals surface area (Å²) in [7, 11) is 0. The van der Waals surface area contributed by atoms with Gasteiger partial charge in [-0.3, -0.25) is 0 Å². The number of fused-ring (bicyclic) bond motifs is 1. The molecule has 9 atom stereocenters. The van der Waals surface area contributed by atoms with Crippen molar-refractivity contribution in [2.24, 2.45) is 17.8 Å². The summed E-state index contributed by atoms with van der Waals surface area (Å²) < 4.78 is 30.5. The Labute approximate surface area is 194 Å². The van der Waals surface area contributed by atoms with E-state index in [1.54, 1.807) is 0 Å². The van der Waals surface area contributed by atoms with Crippen LogP contribution in [0.25, 0.3) is 0 Å². The molecule has 4 aliphatic rings. The Kier molecular flexibility index (Phi) is 9.44. The van der Waals surface area contributed by atoms with E-state index in [1.807, 2.05) is 0 Å². The second kappa shape index (κ2) is 12.3. The lowest BCUT2D eigenvalue weighted by molar-refractivity contribution is -0.196. The van der Waals surface area contributed by atoms with Crippen LogP contribution in [0.1, 0.15) is 84.5 Å². The van der Waals surface area contributed by atoms with E-state index in [4.69, 9.17) is 23.7 Å². The second-order valence-corrected chi connectivity index (χ2v) is 10.2. The van der Waals surface area contributed by atoms with Crippen LogP contribution in [-0.4, -0.2) is 55.5 Å². The van der Waals surface area contributed by atoms with Gasteiger partial charge in [-0.25, -0.2) is 0 Å². The molecule has 3 heterocycles. The summed E-state index contributed by atoms with van der Waals surface area (Å²) in [5.41, 5.74) is 0. The molecule has 3 aliphatic heterocycles. The summed E-state index contributed by atoms with van der Waals surface area (Å²) in [6.07, 6.45) is 15.4. The highest BCUT2D eigenvalue weighted by atomic mass is 16.7. The van der Waals surface area contributed by atoms with Gasteiger partial charge in [0, 0.05) is 32.0 Å². The Hall–Kier alpha value is -0.500. The Morgan fingerprint density at radius 1 is 1.03 bits per heavy atom. The zero-order chi connectivity index (χ0) is 22.3. The molecule has 4 fully saturated rings. The lowest BCUT2D eigenvalue weighted by Crippen LogP contribution is -2.32. The normalized spacial score (nSPS) is 39.9. The molecule has 0 aromatic rings. The fourth-order valence-corrected chi connectivity index (χ4v) is 5.76. The molecule has 4 rings (SSSR count). The molecule has 1 saturated carbocycles. The molecule has 1 N–H and O–H groups in total. The molecule has 0 aromatic carbocycles. The summed E-state index contributed by atoms with van der Waals surface area (Å²) in [4.78, 5) is 0. The molecule has 1 aliphatic carbocycles. The maximum atomic E-state index is 10.1. The Bertz CT molecular complexity index is 571. The van der Waals surface area contributed by atoms with Crippen LogP contribution in [0.2, 0.25) is 0 Å². The zero-order valence-electron chi connectivity index (χ0n) is 20.0. The van der Waals surface area contributed by atoms with Crippen molar-refractivity contribution in [1.82, 2.24) is 0 Å². The van der Waals surface area contributed by atoms with E-state index >= 15 is 0 Å². The van der Waals surface area contributed by atoms with Gasteiger partial charge in [-0.2, -0.15) is 0 Å². The molecule has 32 heavy (non-hydrogen) atoms. The van der Waals surface area contributed by atoms with Gasteiger partial charge in [0.2, 0.25) is 0 Å². The van der Waals surface area contributed by atoms with Crippen LogP contribution in [0.3, 0.4) is 0 Å². The van der Waals surface area contributed by atoms with E-state index in [0.717, 1.165) is 58.2 Å². The lowest BCUT2D eigenvalue weighted by Gasteiger charge is -2.31. The average molecular weight is 453 g/mol. The number of aliphatic hydroxyl groups excluding tert-OH is 1. The number of rotatable bonds is 10. The van der Waals surface area contributed by atoms with Crippen molar-refractivity contribution >= 4 is 0 Å². The standard InChI is InChI=1S/C26H44O6/c1-3-4-9-18(2)21(31-25-10-5-7-14-28-25)13-12-19-20-16-24(27)30-23(20)17-22(19)32-26-11-6-8-15-29-26/h12-13,18-27H,3-11,14-17H2,1-2H3/t18?,19-,20-,21-,22-,23+,24?,25?,26?/m1/s1. The molecule has 0 radical (unpaired) electrons. The van der Waals surface area contributed by atoms with Crippen molar-refractivity contribution in [1.29, 1.82) is 0 Å². The predicted molar refractivity (Wildman–Crippen MR) is 122 cm³/mol. The monoisotopic (exact) mass is 452 g/mol. The molecule has 4 unspecified atom stereocenters. The van der Waals surface area contributed by atoms with Gasteiger partial charge < -0.3 is 28.8 Å². The first kappa shape index (κ1) is 24.6. The fraction of sp³-hybridized carbons (Fsp3) is 0.923. The molecule has 3 saturated heterocycles. The average Bonchev–Trinajstić information content (AvgIpc) is 3.31. The topological polar surface area (TPSA) is 66.4 Å². The number of hydrogen-bond donors (Lipinski definition) is 1. The van der Waals surface area contributed by atoms with Gasteiger partial charge in [0.1, 0.15) is 0 Å². The van der Waals surface area contributed by atoms with E-state index in [9.17, 15) is 5.11 Å². The lowest BCUT2D eigenvalue weighted by atomic mass is 9.89. The molecule has 0 bridgehead atoms. The summed E-state index contributed by atoms with van der Waals surface area (Å²) in [5, 5.41) is 10.1. The van der Waals surface area contributed by atoms with Gasteiger partial charge in [-0.15, -0.1) is 0 Å². The molecule has 0 spiro atoms. The molecule has 0 aromatic heterocycles. The number of unbranched alkanes of at least 4 members (excludes halogenated alkanes) is 1. The van der Waals surface area contributed by atoms with Gasteiger partial charge in [-0.1, -0.05) is 38.8 Å². The first-order chi connectivity index (χ1) is 15.6. The molecule has 6 nitrogen and oxygen atoms in total. The summed E-state index contributed by atoms with van der Waals surface area (Å²) in [5.74, 6) is 0.923. The van der Waals surface area contributed by atoms with Crippen molar-refractivity contribution in [3.05, 3.63) is 12.2 Å². The minimum Gasteiger partial charge on any atom is -0.368 e. The Morgan fingerprint density at radius 2 is 1.78 bits per heavy atom. The van der Waals surface area contributed by atoms with Crippen LogP contribution in [0.15, 0.2) is 12.2 Å². The number of aliphatic hydroxyl groups is 1. The smallest absolute Gasteiger partial charge is 0.158 e. The van der Waals surface area contributed by atoms with Crippen LogP contribution in [0.4, 0.5) is 0 Å². The summed E-state index contributed by atoms with van der Waals surface area (Å²) >= 11 is 0. The van der Waals surface area contributed by atoms with Crippen molar-refractivity contribution in [2.75, 3.05) is 13.2 Å². The van der Waals surface area contributed by atoms with Crippen molar-refractivity contribution in [3.63, 3.8) is 0 Å². The van der Waals surface area contributed by atoms with E-state index < -0.39 is 6.29 Å². The summed E-state index contributed by atoms with van der Waals surface area (Å²) in [6, 6.07) is 0. The first-order valence-corrected chi connectivity index (χ1v) is 13.2. The highest BCUT2D eigenvalue weighted by Gasteiger charge is 2.49. The third-order valence-electron chi connectivity index (χ3n) is 7.68. The van der Waals surface area contributed by atoms with E-state index in [0.29, 0.717) is 12.3 Å². The molecular weight excluding hydrogens is 408 g/mol. The highest BCUT2D eigenvalue weighted by Crippen LogP contribution is 2.45. The highest BCUT2D eigenvalue weighted by molar-refractivity contribution is 5.08. The van der Waals surface area contributed by atoms with Crippen molar-refractivity contribution in [3.8, 4) is 0 Å². The van der Waals surface area contributed by atoms with Crippen LogP contribution < -0.4 is 0 Å². The number of ether oxygens (including phenoxy) is 5. The predicted octanol–water partition coefficient (Wildman–Crippen LogP) is 4.94. The van der Waals surface area contributed by atoms with Crippen LogP contribution in [0, 0.1) is 17.8 Å². The van der Waals surface area contributed by atoms with Crippen molar-refractivity contribution in [2.45, 2.75) is 122 Å². The van der Waals surface area contributed by atoms with E-state index in [2.05, 4.69) is 26.0 Å². The zero-order valence-corrected chi connectivity index (χ0v) is 20.0. The van der Waals surface area contributed by atoms with Crippen molar-refractivity contribution < 1.29 is 28.8 Å².